The van der Waals surface area contributed by atoms with Gasteiger partial charge in [-0.25, -0.2) is 0 Å². The molecule has 1 aromatic carbocycles. The first kappa shape index (κ1) is 21.1. The maximum absolute atomic E-state index is 5.54. The summed E-state index contributed by atoms with van der Waals surface area (Å²) in [6, 6.07) is 5.19. The molecule has 0 bridgehead atoms. The minimum absolute atomic E-state index is 0.304. The number of anilines is 2. The Balaban J connectivity index is 1.45. The predicted molar refractivity (Wildman–Crippen MR) is 130 cm³/mol. The third kappa shape index (κ3) is 4.45. The molecule has 0 saturated carbocycles. The summed E-state index contributed by atoms with van der Waals surface area (Å²) in [5.74, 6) is 0.541. The van der Waals surface area contributed by atoms with Crippen molar-refractivity contribution in [2.75, 3.05) is 62.7 Å². The topological polar surface area (TPSA) is 39.8 Å². The van der Waals surface area contributed by atoms with Crippen LogP contribution in [0, 0.1) is 6.08 Å². The Hall–Kier alpha value is -1.72. The van der Waals surface area contributed by atoms with Gasteiger partial charge in [-0.15, -0.1) is 0 Å². The molecule has 0 radical (unpaired) electrons. The van der Waals surface area contributed by atoms with E-state index in [0.29, 0.717) is 17.2 Å². The lowest BCUT2D eigenvalue weighted by Crippen LogP contribution is -2.40. The highest BCUT2D eigenvalue weighted by molar-refractivity contribution is 8.00. The molecule has 5 rings (SSSR count). The van der Waals surface area contributed by atoms with Gasteiger partial charge < -0.3 is 25.2 Å². The monoisotopic (exact) mass is 439 g/mol. The SMILES string of the molecule is CCC(C)c1cc(N2CCCNCC2)cc2c1NC1C=CC(N3CCOCC3)=[C+]C1S2. The molecule has 1 aliphatic carbocycles. The van der Waals surface area contributed by atoms with Crippen LogP contribution in [0.2, 0.25) is 0 Å². The number of ether oxygens (including phenoxy) is 1. The summed E-state index contributed by atoms with van der Waals surface area (Å²) in [5, 5.41) is 7.74. The summed E-state index contributed by atoms with van der Waals surface area (Å²) in [7, 11) is 0. The van der Waals surface area contributed by atoms with Crippen molar-refractivity contribution in [1.29, 1.82) is 0 Å². The van der Waals surface area contributed by atoms with Crippen molar-refractivity contribution in [1.82, 2.24) is 10.2 Å². The first-order valence-electron chi connectivity index (χ1n) is 11.9. The smallest absolute Gasteiger partial charge is 0.260 e. The largest absolute Gasteiger partial charge is 0.378 e. The molecule has 0 spiro atoms. The Morgan fingerprint density at radius 2 is 2.03 bits per heavy atom. The average Bonchev–Trinajstić information content (AvgIpc) is 3.11. The van der Waals surface area contributed by atoms with E-state index in [0.717, 1.165) is 58.9 Å². The molecule has 6 heteroatoms. The number of thioether (sulfide) groups is 1. The van der Waals surface area contributed by atoms with Crippen LogP contribution in [-0.4, -0.2) is 68.7 Å². The molecule has 3 aliphatic heterocycles. The molecule has 0 aromatic heterocycles. The maximum Gasteiger partial charge on any atom is 0.260 e. The van der Waals surface area contributed by atoms with Crippen molar-refractivity contribution in [2.45, 2.75) is 48.8 Å². The molecule has 3 atom stereocenters. The summed E-state index contributed by atoms with van der Waals surface area (Å²) in [4.78, 5) is 6.37. The van der Waals surface area contributed by atoms with Crippen molar-refractivity contribution in [3.63, 3.8) is 0 Å². The third-order valence-electron chi connectivity index (χ3n) is 6.96. The molecular weight excluding hydrogens is 404 g/mol. The number of hydrogen-bond acceptors (Lipinski definition) is 6. The predicted octanol–water partition coefficient (Wildman–Crippen LogP) is 3.84. The van der Waals surface area contributed by atoms with Gasteiger partial charge in [-0.1, -0.05) is 25.6 Å². The van der Waals surface area contributed by atoms with Crippen LogP contribution in [0.4, 0.5) is 11.4 Å². The van der Waals surface area contributed by atoms with Gasteiger partial charge in [-0.2, -0.15) is 0 Å². The number of benzene rings is 1. The lowest BCUT2D eigenvalue weighted by Gasteiger charge is -2.34. The molecule has 5 nitrogen and oxygen atoms in total. The number of nitrogens with zero attached hydrogens (tertiary/aromatic N) is 2. The second-order valence-corrected chi connectivity index (χ2v) is 10.2. The second kappa shape index (κ2) is 9.41. The standard InChI is InChI=1S/C25H35N4OS/c1-3-18(2)21-15-20(28-9-4-7-26-8-10-28)17-24-25(21)27-22-6-5-19(16-23(22)31-24)29-11-13-30-14-12-29/h5-6,15,17-18,22-23,26-27H,3-4,7-14H2,1-2H3/q+1. The van der Waals surface area contributed by atoms with Crippen molar-refractivity contribution in [3.05, 3.63) is 41.6 Å². The number of hydrogen-bond donors (Lipinski definition) is 2. The zero-order valence-corrected chi connectivity index (χ0v) is 19.6. The molecule has 2 fully saturated rings. The van der Waals surface area contributed by atoms with Crippen LogP contribution in [0.25, 0.3) is 0 Å². The normalized spacial score (nSPS) is 26.7. The van der Waals surface area contributed by atoms with E-state index in [2.05, 4.69) is 64.6 Å². The summed E-state index contributed by atoms with van der Waals surface area (Å²) in [5.41, 5.74) is 5.43. The van der Waals surface area contributed by atoms with Crippen molar-refractivity contribution in [3.8, 4) is 0 Å². The highest BCUT2D eigenvalue weighted by Crippen LogP contribution is 2.46. The fourth-order valence-corrected chi connectivity index (χ4v) is 6.12. The van der Waals surface area contributed by atoms with Crippen LogP contribution in [0.5, 0.6) is 0 Å². The van der Waals surface area contributed by atoms with Gasteiger partial charge in [-0.05, 0) is 43.0 Å². The van der Waals surface area contributed by atoms with Gasteiger partial charge in [0.2, 0.25) is 0 Å². The van der Waals surface area contributed by atoms with Crippen LogP contribution in [-0.2, 0) is 4.74 Å². The first-order chi connectivity index (χ1) is 15.2. The molecule has 2 saturated heterocycles. The Bertz CT molecular complexity index is 840. The Morgan fingerprint density at radius 1 is 1.16 bits per heavy atom. The number of morpholine rings is 1. The molecule has 3 unspecified atom stereocenters. The lowest BCUT2D eigenvalue weighted by molar-refractivity contribution is 0.0548. The van der Waals surface area contributed by atoms with Gasteiger partial charge in [0.1, 0.15) is 12.1 Å². The quantitative estimate of drug-likeness (QED) is 0.695. The van der Waals surface area contributed by atoms with Gasteiger partial charge in [0.25, 0.3) is 5.70 Å². The van der Waals surface area contributed by atoms with E-state index in [-0.39, 0.29) is 0 Å². The van der Waals surface area contributed by atoms with E-state index >= 15 is 0 Å². The fourth-order valence-electron chi connectivity index (χ4n) is 4.87. The lowest BCUT2D eigenvalue weighted by atomic mass is 9.94. The summed E-state index contributed by atoms with van der Waals surface area (Å²) >= 11 is 1.99. The zero-order chi connectivity index (χ0) is 21.2. The van der Waals surface area contributed by atoms with E-state index < -0.39 is 0 Å². The average molecular weight is 440 g/mol. The highest BCUT2D eigenvalue weighted by Gasteiger charge is 2.38. The number of fused-ring (bicyclic) bond motifs is 2. The van der Waals surface area contributed by atoms with Crippen molar-refractivity contribution in [2.24, 2.45) is 0 Å². The Kier molecular flexibility index (Phi) is 6.42. The first-order valence-corrected chi connectivity index (χ1v) is 12.8. The van der Waals surface area contributed by atoms with Gasteiger partial charge in [-0.3, -0.25) is 0 Å². The van der Waals surface area contributed by atoms with E-state index in [9.17, 15) is 0 Å². The maximum atomic E-state index is 5.54. The summed E-state index contributed by atoms with van der Waals surface area (Å²) < 4.78 is 5.54. The molecule has 0 amide bonds. The van der Waals surface area contributed by atoms with Gasteiger partial charge in [0, 0.05) is 49.4 Å². The van der Waals surface area contributed by atoms with E-state index in [4.69, 9.17) is 4.74 Å². The molecule has 31 heavy (non-hydrogen) atoms. The molecular formula is C25H35N4OS+. The fraction of sp³-hybridized carbons (Fsp3) is 0.600. The molecule has 166 valence electrons. The van der Waals surface area contributed by atoms with Crippen LogP contribution in [0.3, 0.4) is 0 Å². The van der Waals surface area contributed by atoms with Crippen molar-refractivity contribution >= 4 is 23.1 Å². The van der Waals surface area contributed by atoms with Crippen molar-refractivity contribution < 1.29 is 4.74 Å². The van der Waals surface area contributed by atoms with Crippen LogP contribution in [0.15, 0.2) is 34.9 Å². The third-order valence-corrected chi connectivity index (χ3v) is 8.20. The molecule has 1 aromatic rings. The summed E-state index contributed by atoms with van der Waals surface area (Å²) in [6.07, 6.45) is 10.8. The molecule has 4 aliphatic rings. The molecule has 2 N–H and O–H groups in total. The van der Waals surface area contributed by atoms with Crippen LogP contribution < -0.4 is 15.5 Å². The van der Waals surface area contributed by atoms with Crippen LogP contribution >= 0.6 is 11.8 Å². The number of nitrogens with one attached hydrogen (secondary N) is 2. The van der Waals surface area contributed by atoms with E-state index in [1.54, 1.807) is 0 Å². The van der Waals surface area contributed by atoms with E-state index in [1.165, 1.54) is 34.0 Å². The second-order valence-electron chi connectivity index (χ2n) is 9.00. The Morgan fingerprint density at radius 3 is 2.87 bits per heavy atom. The van der Waals surface area contributed by atoms with Gasteiger partial charge in [0.15, 0.2) is 5.25 Å². The van der Waals surface area contributed by atoms with E-state index in [1.807, 2.05) is 11.8 Å². The van der Waals surface area contributed by atoms with Gasteiger partial charge >= 0.3 is 0 Å². The number of allylic oxidation sites excluding steroid dienone is 1. The minimum Gasteiger partial charge on any atom is -0.378 e. The summed E-state index contributed by atoms with van der Waals surface area (Å²) in [6.45, 7) is 12.6. The zero-order valence-electron chi connectivity index (χ0n) is 18.8. The van der Waals surface area contributed by atoms with Crippen LogP contribution in [0.1, 0.15) is 38.2 Å². The number of rotatable bonds is 4. The van der Waals surface area contributed by atoms with Gasteiger partial charge in [0.05, 0.1) is 25.0 Å². The minimum atomic E-state index is 0.304. The molecule has 3 heterocycles. The Labute approximate surface area is 191 Å². The highest BCUT2D eigenvalue weighted by atomic mass is 32.2.